The average Bonchev–Trinajstić information content (AvgIpc) is 2.20. The number of carbonyl (C=O) groups excluding carboxylic acids is 1. The molecule has 0 aromatic carbocycles. The Hall–Kier alpha value is -0.865. The summed E-state index contributed by atoms with van der Waals surface area (Å²) in [5.41, 5.74) is 0. The van der Waals surface area contributed by atoms with Gasteiger partial charge in [-0.05, 0) is 0 Å². The first-order valence-electron chi connectivity index (χ1n) is 5.09. The standard InChI is InChI=1S/C9H16BNO3/c1-2-13-9(12)7-3-5-8(6-4-7)14-10-11/h7-8,11H,2-6H2,1H3. The van der Waals surface area contributed by atoms with Gasteiger partial charge in [0, 0.05) is 0 Å². The van der Waals surface area contributed by atoms with Crippen LogP contribution in [0.3, 0.4) is 0 Å². The molecule has 5 heteroatoms. The fraction of sp³-hybridized carbons (Fsp3) is 0.889. The zero-order valence-corrected chi connectivity index (χ0v) is 8.49. The van der Waals surface area contributed by atoms with E-state index in [1.54, 1.807) is 0 Å². The van der Waals surface area contributed by atoms with E-state index in [9.17, 15) is 4.79 Å². The van der Waals surface area contributed by atoms with E-state index in [1.165, 1.54) is 0 Å². The summed E-state index contributed by atoms with van der Waals surface area (Å²) in [4.78, 5) is 11.4. The third kappa shape index (κ3) is 3.12. The van der Waals surface area contributed by atoms with Gasteiger partial charge in [-0.3, -0.25) is 0 Å². The molecule has 0 amide bonds. The van der Waals surface area contributed by atoms with Gasteiger partial charge in [0.15, 0.2) is 0 Å². The van der Waals surface area contributed by atoms with Gasteiger partial charge in [-0.25, -0.2) is 0 Å². The van der Waals surface area contributed by atoms with Crippen LogP contribution in [0.1, 0.15) is 32.6 Å². The van der Waals surface area contributed by atoms with Crippen LogP contribution in [0.15, 0.2) is 0 Å². The van der Waals surface area contributed by atoms with Crippen LogP contribution in [-0.4, -0.2) is 26.0 Å². The molecule has 1 rings (SSSR count). The molecule has 14 heavy (non-hydrogen) atoms. The van der Waals surface area contributed by atoms with Crippen molar-refractivity contribution in [2.45, 2.75) is 38.7 Å². The summed E-state index contributed by atoms with van der Waals surface area (Å²) in [6.07, 6.45) is 3.45. The molecule has 0 aromatic heterocycles. The van der Waals surface area contributed by atoms with Gasteiger partial charge in [-0.2, -0.15) is 0 Å². The fourth-order valence-electron chi connectivity index (χ4n) is 1.79. The summed E-state index contributed by atoms with van der Waals surface area (Å²) in [5, 5.41) is 6.80. The number of hydrogen-bond acceptors (Lipinski definition) is 4. The molecular formula is C9H16BNO3. The number of carbonyl (C=O) groups is 1. The van der Waals surface area contributed by atoms with Crippen molar-refractivity contribution in [3.8, 4) is 0 Å². The van der Waals surface area contributed by atoms with E-state index >= 15 is 0 Å². The Bertz CT molecular complexity index is 202. The molecule has 0 unspecified atom stereocenters. The Morgan fingerprint density at radius 2 is 2.07 bits per heavy atom. The molecule has 1 aliphatic carbocycles. The van der Waals surface area contributed by atoms with Crippen molar-refractivity contribution in [3.63, 3.8) is 0 Å². The zero-order valence-electron chi connectivity index (χ0n) is 8.49. The van der Waals surface area contributed by atoms with Crippen molar-refractivity contribution in [2.24, 2.45) is 5.92 Å². The van der Waals surface area contributed by atoms with Crippen molar-refractivity contribution in [2.75, 3.05) is 6.61 Å². The molecule has 0 aliphatic heterocycles. The molecule has 0 aromatic rings. The molecule has 4 nitrogen and oxygen atoms in total. The minimum atomic E-state index is -0.0826. The Morgan fingerprint density at radius 1 is 1.43 bits per heavy atom. The van der Waals surface area contributed by atoms with Gasteiger partial charge in [0.25, 0.3) is 0 Å². The van der Waals surface area contributed by atoms with Crippen LogP contribution in [-0.2, 0) is 14.2 Å². The molecule has 0 spiro atoms. The number of hydrogen-bond donors (Lipinski definition) is 1. The number of ether oxygens (including phenoxy) is 1. The predicted molar refractivity (Wildman–Crippen MR) is 51.9 cm³/mol. The molecule has 1 aliphatic rings. The van der Waals surface area contributed by atoms with Crippen molar-refractivity contribution < 1.29 is 14.2 Å². The van der Waals surface area contributed by atoms with E-state index < -0.39 is 0 Å². The molecule has 1 fully saturated rings. The first kappa shape index (κ1) is 11.2. The molecule has 0 radical (unpaired) electrons. The van der Waals surface area contributed by atoms with Gasteiger partial charge < -0.3 is 0 Å². The maximum atomic E-state index is 11.4. The van der Waals surface area contributed by atoms with E-state index in [0.717, 1.165) is 33.0 Å². The molecule has 78 valence electrons. The van der Waals surface area contributed by atoms with E-state index in [2.05, 4.69) is 0 Å². The Kier molecular flexibility index (Phi) is 4.63. The Balaban J connectivity index is 2.27. The minimum absolute atomic E-state index is 0.0422. The van der Waals surface area contributed by atoms with Crippen LogP contribution in [0.25, 0.3) is 0 Å². The van der Waals surface area contributed by atoms with Crippen molar-refractivity contribution in [1.82, 2.24) is 0 Å². The van der Waals surface area contributed by atoms with Crippen molar-refractivity contribution in [1.29, 1.82) is 5.31 Å². The van der Waals surface area contributed by atoms with Crippen LogP contribution >= 0.6 is 0 Å². The first-order chi connectivity index (χ1) is 6.77. The van der Waals surface area contributed by atoms with Gasteiger partial charge >= 0.3 is 84.0 Å². The van der Waals surface area contributed by atoms with Crippen LogP contribution in [0.5, 0.6) is 0 Å². The number of rotatable bonds is 4. The second kappa shape index (κ2) is 5.78. The molecule has 0 saturated heterocycles. The van der Waals surface area contributed by atoms with E-state index in [0.29, 0.717) is 6.61 Å². The third-order valence-corrected chi connectivity index (χ3v) is 2.55. The monoisotopic (exact) mass is 197 g/mol. The third-order valence-electron chi connectivity index (χ3n) is 2.55. The summed E-state index contributed by atoms with van der Waals surface area (Å²) in [6.45, 7) is 2.28. The molecular weight excluding hydrogens is 181 g/mol. The summed E-state index contributed by atoms with van der Waals surface area (Å²) in [6, 6.07) is 0. The Labute approximate surface area is 84.8 Å². The number of nitrogens with one attached hydrogen (secondary N) is 1. The zero-order chi connectivity index (χ0) is 10.4. The van der Waals surface area contributed by atoms with Gasteiger partial charge in [0.1, 0.15) is 0 Å². The van der Waals surface area contributed by atoms with Crippen LogP contribution < -0.4 is 0 Å². The molecule has 1 N–H and O–H groups in total. The normalized spacial score (nSPS) is 26.4. The van der Waals surface area contributed by atoms with E-state index in [-0.39, 0.29) is 18.0 Å². The van der Waals surface area contributed by atoms with Gasteiger partial charge in [0.05, 0.1) is 0 Å². The van der Waals surface area contributed by atoms with Crippen LogP contribution in [0.2, 0.25) is 0 Å². The first-order valence-corrected chi connectivity index (χ1v) is 5.09. The molecule has 0 atom stereocenters. The topological polar surface area (TPSA) is 59.4 Å². The second-order valence-corrected chi connectivity index (χ2v) is 3.48. The quantitative estimate of drug-likeness (QED) is 0.548. The number of esters is 1. The molecule has 0 bridgehead atoms. The Morgan fingerprint density at radius 3 is 2.57 bits per heavy atom. The molecule has 1 saturated carbocycles. The van der Waals surface area contributed by atoms with E-state index in [4.69, 9.17) is 14.7 Å². The second-order valence-electron chi connectivity index (χ2n) is 3.48. The fourth-order valence-corrected chi connectivity index (χ4v) is 1.79. The van der Waals surface area contributed by atoms with Crippen molar-refractivity contribution >= 4 is 13.2 Å². The summed E-state index contributed by atoms with van der Waals surface area (Å²) in [5.74, 6) is -0.0404. The van der Waals surface area contributed by atoms with E-state index in [1.807, 2.05) is 6.92 Å². The summed E-state index contributed by atoms with van der Waals surface area (Å²) < 4.78 is 10.0. The molecule has 0 heterocycles. The van der Waals surface area contributed by atoms with Crippen LogP contribution in [0, 0.1) is 11.2 Å². The van der Waals surface area contributed by atoms with Crippen molar-refractivity contribution in [3.05, 3.63) is 0 Å². The summed E-state index contributed by atoms with van der Waals surface area (Å²) in [7, 11) is 0.982. The average molecular weight is 197 g/mol. The van der Waals surface area contributed by atoms with Gasteiger partial charge in [-0.1, -0.05) is 0 Å². The SMILES string of the molecule is CCOC(=O)C1CCC(OB=N)CC1. The van der Waals surface area contributed by atoms with Gasteiger partial charge in [-0.15, -0.1) is 0 Å². The maximum absolute atomic E-state index is 11.4. The van der Waals surface area contributed by atoms with Gasteiger partial charge in [0.2, 0.25) is 0 Å². The summed E-state index contributed by atoms with van der Waals surface area (Å²) >= 11 is 0. The van der Waals surface area contributed by atoms with Crippen LogP contribution in [0.4, 0.5) is 0 Å². The predicted octanol–water partition coefficient (Wildman–Crippen LogP) is 1.51.